The second kappa shape index (κ2) is 5.09. The van der Waals surface area contributed by atoms with Gasteiger partial charge >= 0.3 is 0 Å². The molecule has 0 atom stereocenters. The van der Waals surface area contributed by atoms with Crippen LogP contribution >= 0.6 is 11.8 Å². The van der Waals surface area contributed by atoms with Gasteiger partial charge in [0.15, 0.2) is 0 Å². The van der Waals surface area contributed by atoms with Gasteiger partial charge in [-0.05, 0) is 29.9 Å². The number of hydrogen-bond donors (Lipinski definition) is 1. The van der Waals surface area contributed by atoms with Gasteiger partial charge in [-0.1, -0.05) is 40.5 Å². The highest BCUT2D eigenvalue weighted by Gasteiger charge is 2.51. The molecule has 0 saturated heterocycles. The molecule has 0 aliphatic heterocycles. The predicted octanol–water partition coefficient (Wildman–Crippen LogP) is 3.67. The van der Waals surface area contributed by atoms with Crippen LogP contribution in [0.15, 0.2) is 0 Å². The molecule has 1 nitrogen and oxygen atoms in total. The van der Waals surface area contributed by atoms with E-state index in [1.165, 1.54) is 31.4 Å². The van der Waals surface area contributed by atoms with E-state index in [2.05, 4.69) is 39.5 Å². The Bertz CT molecular complexity index is 189. The molecular weight excluding hydrogens is 202 g/mol. The average molecular weight is 229 g/mol. The first-order valence-electron chi connectivity index (χ1n) is 6.35. The lowest BCUT2D eigenvalue weighted by molar-refractivity contribution is 0.0749. The van der Waals surface area contributed by atoms with E-state index in [1.54, 1.807) is 0 Å². The Labute approximate surface area is 99.6 Å². The summed E-state index contributed by atoms with van der Waals surface area (Å²) in [5.74, 6) is 2.05. The first-order valence-corrected chi connectivity index (χ1v) is 7.34. The molecule has 0 amide bonds. The van der Waals surface area contributed by atoms with Crippen molar-refractivity contribution < 1.29 is 0 Å². The molecule has 1 saturated carbocycles. The SMILES string of the molecule is CCC1(CC)CC(CN)(SCC(C)C)C1. The molecule has 90 valence electrons. The normalized spacial score (nSPS) is 22.8. The Morgan fingerprint density at radius 2 is 1.73 bits per heavy atom. The second-order valence-corrected chi connectivity index (χ2v) is 7.14. The molecule has 0 aromatic heterocycles. The van der Waals surface area contributed by atoms with Crippen molar-refractivity contribution in [1.29, 1.82) is 0 Å². The number of nitrogens with two attached hydrogens (primary N) is 1. The van der Waals surface area contributed by atoms with Crippen LogP contribution in [-0.2, 0) is 0 Å². The summed E-state index contributed by atoms with van der Waals surface area (Å²) < 4.78 is 0.427. The predicted molar refractivity (Wildman–Crippen MR) is 71.3 cm³/mol. The minimum absolute atomic E-state index is 0.427. The smallest absolute Gasteiger partial charge is 0.0292 e. The van der Waals surface area contributed by atoms with Gasteiger partial charge in [0.25, 0.3) is 0 Å². The highest BCUT2D eigenvalue weighted by atomic mass is 32.2. The quantitative estimate of drug-likeness (QED) is 0.752. The van der Waals surface area contributed by atoms with E-state index in [0.29, 0.717) is 10.2 Å². The summed E-state index contributed by atoms with van der Waals surface area (Å²) in [5.41, 5.74) is 6.59. The third kappa shape index (κ3) is 2.91. The number of rotatable bonds is 6. The third-order valence-electron chi connectivity index (χ3n) is 3.99. The van der Waals surface area contributed by atoms with Crippen LogP contribution in [0.1, 0.15) is 53.4 Å². The largest absolute Gasteiger partial charge is 0.329 e. The fraction of sp³-hybridized carbons (Fsp3) is 1.00. The van der Waals surface area contributed by atoms with Crippen LogP contribution in [0.25, 0.3) is 0 Å². The molecule has 0 aromatic carbocycles. The Balaban J connectivity index is 2.47. The molecule has 0 radical (unpaired) electrons. The fourth-order valence-electron chi connectivity index (χ4n) is 2.71. The van der Waals surface area contributed by atoms with E-state index >= 15 is 0 Å². The van der Waals surface area contributed by atoms with Crippen LogP contribution in [0.3, 0.4) is 0 Å². The van der Waals surface area contributed by atoms with Crippen molar-refractivity contribution in [3.63, 3.8) is 0 Å². The van der Waals surface area contributed by atoms with Crippen LogP contribution in [0.4, 0.5) is 0 Å². The summed E-state index contributed by atoms with van der Waals surface area (Å²) in [4.78, 5) is 0. The van der Waals surface area contributed by atoms with E-state index in [1.807, 2.05) is 0 Å². The van der Waals surface area contributed by atoms with Crippen LogP contribution in [0, 0.1) is 11.3 Å². The second-order valence-electron chi connectivity index (χ2n) is 5.65. The summed E-state index contributed by atoms with van der Waals surface area (Å²) in [6.45, 7) is 10.1. The van der Waals surface area contributed by atoms with Gasteiger partial charge in [0.2, 0.25) is 0 Å². The zero-order valence-corrected chi connectivity index (χ0v) is 11.6. The van der Waals surface area contributed by atoms with Crippen molar-refractivity contribution >= 4 is 11.8 Å². The molecule has 2 heteroatoms. The Morgan fingerprint density at radius 1 is 1.20 bits per heavy atom. The highest BCUT2D eigenvalue weighted by molar-refractivity contribution is 8.00. The Morgan fingerprint density at radius 3 is 2.07 bits per heavy atom. The molecule has 1 fully saturated rings. The van der Waals surface area contributed by atoms with Gasteiger partial charge in [-0.15, -0.1) is 0 Å². The lowest BCUT2D eigenvalue weighted by Gasteiger charge is -2.56. The molecule has 15 heavy (non-hydrogen) atoms. The van der Waals surface area contributed by atoms with Gasteiger partial charge in [-0.3, -0.25) is 0 Å². The van der Waals surface area contributed by atoms with E-state index < -0.39 is 0 Å². The van der Waals surface area contributed by atoms with Gasteiger partial charge in [0, 0.05) is 11.3 Å². The van der Waals surface area contributed by atoms with E-state index in [4.69, 9.17) is 5.73 Å². The van der Waals surface area contributed by atoms with E-state index in [-0.39, 0.29) is 0 Å². The van der Waals surface area contributed by atoms with Gasteiger partial charge in [-0.2, -0.15) is 11.8 Å². The number of hydrogen-bond acceptors (Lipinski definition) is 2. The van der Waals surface area contributed by atoms with E-state index in [0.717, 1.165) is 12.5 Å². The molecule has 1 aliphatic carbocycles. The lowest BCUT2D eigenvalue weighted by Crippen LogP contribution is -2.53. The van der Waals surface area contributed by atoms with Crippen LogP contribution in [0.5, 0.6) is 0 Å². The Kier molecular flexibility index (Phi) is 4.54. The molecule has 0 aromatic rings. The van der Waals surface area contributed by atoms with Crippen molar-refractivity contribution in [3.05, 3.63) is 0 Å². The van der Waals surface area contributed by atoms with Gasteiger partial charge in [0.1, 0.15) is 0 Å². The standard InChI is InChI=1S/C13H27NS/c1-5-12(6-2)8-13(9-12,10-14)15-7-11(3)4/h11H,5-10,14H2,1-4H3. The van der Waals surface area contributed by atoms with E-state index in [9.17, 15) is 0 Å². The fourth-order valence-corrected chi connectivity index (χ4v) is 4.34. The van der Waals surface area contributed by atoms with Crippen molar-refractivity contribution in [2.24, 2.45) is 17.1 Å². The molecule has 1 aliphatic rings. The maximum Gasteiger partial charge on any atom is 0.0292 e. The molecular formula is C13H27NS. The summed E-state index contributed by atoms with van der Waals surface area (Å²) in [6.07, 6.45) is 5.35. The summed E-state index contributed by atoms with van der Waals surface area (Å²) in [6, 6.07) is 0. The summed E-state index contributed by atoms with van der Waals surface area (Å²) in [7, 11) is 0. The van der Waals surface area contributed by atoms with Crippen LogP contribution < -0.4 is 5.73 Å². The summed E-state index contributed by atoms with van der Waals surface area (Å²) >= 11 is 2.13. The maximum atomic E-state index is 5.96. The Hall–Kier alpha value is 0.310. The lowest BCUT2D eigenvalue weighted by atomic mass is 9.58. The first kappa shape index (κ1) is 13.4. The van der Waals surface area contributed by atoms with Gasteiger partial charge in [-0.25, -0.2) is 0 Å². The molecule has 1 rings (SSSR count). The van der Waals surface area contributed by atoms with Crippen LogP contribution in [-0.4, -0.2) is 17.0 Å². The monoisotopic (exact) mass is 229 g/mol. The molecule has 0 bridgehead atoms. The zero-order chi connectivity index (χ0) is 11.5. The van der Waals surface area contributed by atoms with Crippen molar-refractivity contribution in [2.45, 2.75) is 58.1 Å². The van der Waals surface area contributed by atoms with Crippen molar-refractivity contribution in [2.75, 3.05) is 12.3 Å². The van der Waals surface area contributed by atoms with Gasteiger partial charge in [0.05, 0.1) is 0 Å². The first-order chi connectivity index (χ1) is 7.01. The average Bonchev–Trinajstić information content (AvgIpc) is 2.18. The molecule has 0 spiro atoms. The van der Waals surface area contributed by atoms with Gasteiger partial charge < -0.3 is 5.73 Å². The topological polar surface area (TPSA) is 26.0 Å². The third-order valence-corrected chi connectivity index (χ3v) is 5.89. The van der Waals surface area contributed by atoms with Crippen molar-refractivity contribution in [3.8, 4) is 0 Å². The molecule has 0 unspecified atom stereocenters. The maximum absolute atomic E-state index is 5.96. The van der Waals surface area contributed by atoms with Crippen LogP contribution in [0.2, 0.25) is 0 Å². The van der Waals surface area contributed by atoms with Crippen molar-refractivity contribution in [1.82, 2.24) is 0 Å². The minimum Gasteiger partial charge on any atom is -0.329 e. The number of thioether (sulfide) groups is 1. The molecule has 2 N–H and O–H groups in total. The molecule has 0 heterocycles. The highest BCUT2D eigenvalue weighted by Crippen LogP contribution is 2.58. The minimum atomic E-state index is 0.427. The summed E-state index contributed by atoms with van der Waals surface area (Å²) in [5, 5.41) is 0. The zero-order valence-electron chi connectivity index (χ0n) is 10.8.